The van der Waals surface area contributed by atoms with Crippen LogP contribution in [0, 0.1) is 0 Å². The van der Waals surface area contributed by atoms with Crippen LogP contribution in [0.15, 0.2) is 18.2 Å². The molecule has 2 aliphatic rings. The molecule has 0 amide bonds. The van der Waals surface area contributed by atoms with E-state index in [0.29, 0.717) is 18.2 Å². The predicted octanol–water partition coefficient (Wildman–Crippen LogP) is 0.928. The van der Waals surface area contributed by atoms with E-state index in [1.54, 1.807) is 0 Å². The summed E-state index contributed by atoms with van der Waals surface area (Å²) < 4.78 is 100. The zero-order chi connectivity index (χ0) is 20.9. The minimum atomic E-state index is -5.11. The standard InChI is InChI=1S/C15H15BF6O6/c1-25-13-11(24)10(23)12-8(27-13)5-26-16(28-12)9-6(14(17,18)19)3-2-4-7(9)15(20,21)22/h2-4,8,10-13,23-24H,5H2,1H3/t8-,10-,11-,12+,13-/m1/s1. The number of alkyl halides is 6. The number of rotatable bonds is 2. The van der Waals surface area contributed by atoms with Crippen LogP contribution in [0.1, 0.15) is 11.1 Å². The molecule has 2 N–H and O–H groups in total. The van der Waals surface area contributed by atoms with Gasteiger partial charge in [-0.15, -0.1) is 0 Å². The molecule has 156 valence electrons. The zero-order valence-corrected chi connectivity index (χ0v) is 14.2. The fourth-order valence-electron chi connectivity index (χ4n) is 3.23. The molecule has 1 aromatic carbocycles. The maximum atomic E-state index is 13.3. The molecule has 0 aliphatic carbocycles. The first-order valence-electron chi connectivity index (χ1n) is 8.04. The van der Waals surface area contributed by atoms with Crippen molar-refractivity contribution in [3.05, 3.63) is 29.3 Å². The van der Waals surface area contributed by atoms with E-state index in [1.807, 2.05) is 0 Å². The molecule has 0 aromatic heterocycles. The topological polar surface area (TPSA) is 77.4 Å². The lowest BCUT2D eigenvalue weighted by Crippen LogP contribution is -2.66. The quantitative estimate of drug-likeness (QED) is 0.552. The van der Waals surface area contributed by atoms with E-state index in [2.05, 4.69) is 0 Å². The van der Waals surface area contributed by atoms with Gasteiger partial charge in [-0.1, -0.05) is 18.2 Å². The van der Waals surface area contributed by atoms with Crippen molar-refractivity contribution in [1.29, 1.82) is 0 Å². The summed E-state index contributed by atoms with van der Waals surface area (Å²) in [6.07, 6.45) is -17.3. The molecule has 2 heterocycles. The molecule has 1 aromatic rings. The van der Waals surface area contributed by atoms with Crippen molar-refractivity contribution in [3.8, 4) is 0 Å². The summed E-state index contributed by atoms with van der Waals surface area (Å²) in [6, 6.07) is 1.59. The Balaban J connectivity index is 1.99. The lowest BCUT2D eigenvalue weighted by molar-refractivity contribution is -0.298. The molecule has 13 heteroatoms. The van der Waals surface area contributed by atoms with Crippen LogP contribution in [-0.4, -0.2) is 61.8 Å². The molecule has 0 unspecified atom stereocenters. The number of benzene rings is 1. The Morgan fingerprint density at radius 2 is 1.61 bits per heavy atom. The smallest absolute Gasteiger partial charge is 0.404 e. The van der Waals surface area contributed by atoms with Gasteiger partial charge < -0.3 is 29.0 Å². The van der Waals surface area contributed by atoms with Crippen molar-refractivity contribution >= 4 is 12.6 Å². The summed E-state index contributed by atoms with van der Waals surface area (Å²) in [4.78, 5) is 0. The Labute approximate surface area is 155 Å². The number of aliphatic hydroxyl groups is 2. The molecule has 0 bridgehead atoms. The van der Waals surface area contributed by atoms with E-state index in [-0.39, 0.29) is 0 Å². The Morgan fingerprint density at radius 3 is 2.11 bits per heavy atom. The maximum Gasteiger partial charge on any atom is 0.495 e. The first-order chi connectivity index (χ1) is 12.9. The normalized spacial score (nSPS) is 31.6. The molecular weight excluding hydrogens is 401 g/mol. The second-order valence-electron chi connectivity index (χ2n) is 6.29. The van der Waals surface area contributed by atoms with Crippen LogP contribution >= 0.6 is 0 Å². The van der Waals surface area contributed by atoms with Crippen LogP contribution in [0.4, 0.5) is 26.3 Å². The summed E-state index contributed by atoms with van der Waals surface area (Å²) in [5.41, 5.74) is -4.41. The minimum absolute atomic E-state index is 0.479. The fourth-order valence-corrected chi connectivity index (χ4v) is 3.23. The van der Waals surface area contributed by atoms with Gasteiger partial charge in [0, 0.05) is 12.6 Å². The van der Waals surface area contributed by atoms with E-state index >= 15 is 0 Å². The molecule has 0 spiro atoms. The second-order valence-corrected chi connectivity index (χ2v) is 6.29. The van der Waals surface area contributed by atoms with Gasteiger partial charge in [0.25, 0.3) is 0 Å². The van der Waals surface area contributed by atoms with Crippen molar-refractivity contribution < 1.29 is 55.3 Å². The molecule has 0 saturated carbocycles. The lowest BCUT2D eigenvalue weighted by atomic mass is 9.70. The van der Waals surface area contributed by atoms with Gasteiger partial charge >= 0.3 is 19.5 Å². The van der Waals surface area contributed by atoms with Gasteiger partial charge in [0.15, 0.2) is 6.29 Å². The van der Waals surface area contributed by atoms with Gasteiger partial charge in [-0.05, 0) is 0 Å². The largest absolute Gasteiger partial charge is 0.495 e. The number of halogens is 6. The molecule has 5 atom stereocenters. The molecular formula is C15H15BF6O6. The van der Waals surface area contributed by atoms with Crippen molar-refractivity contribution in [3.63, 3.8) is 0 Å². The van der Waals surface area contributed by atoms with Crippen LogP contribution < -0.4 is 5.46 Å². The van der Waals surface area contributed by atoms with Crippen molar-refractivity contribution in [2.24, 2.45) is 0 Å². The highest BCUT2D eigenvalue weighted by Gasteiger charge is 2.53. The van der Waals surface area contributed by atoms with E-state index in [1.165, 1.54) is 7.11 Å². The van der Waals surface area contributed by atoms with Gasteiger partial charge in [-0.3, -0.25) is 0 Å². The Hall–Kier alpha value is -1.38. The summed E-state index contributed by atoms with van der Waals surface area (Å²) >= 11 is 0. The number of aliphatic hydroxyl groups excluding tert-OH is 2. The number of hydrogen-bond donors (Lipinski definition) is 2. The predicted molar refractivity (Wildman–Crippen MR) is 80.3 cm³/mol. The monoisotopic (exact) mass is 416 g/mol. The molecule has 2 saturated heterocycles. The van der Waals surface area contributed by atoms with Crippen molar-refractivity contribution in [1.82, 2.24) is 0 Å². The first kappa shape index (κ1) is 21.3. The maximum absolute atomic E-state index is 13.3. The van der Waals surface area contributed by atoms with Gasteiger partial charge in [-0.2, -0.15) is 26.3 Å². The van der Waals surface area contributed by atoms with Crippen LogP contribution in [0.25, 0.3) is 0 Å². The molecule has 28 heavy (non-hydrogen) atoms. The van der Waals surface area contributed by atoms with E-state index in [4.69, 9.17) is 18.8 Å². The average molecular weight is 416 g/mol. The number of methoxy groups -OCH3 is 1. The van der Waals surface area contributed by atoms with Gasteiger partial charge in [0.1, 0.15) is 24.4 Å². The first-order valence-corrected chi connectivity index (χ1v) is 8.04. The summed E-state index contributed by atoms with van der Waals surface area (Å²) in [5.74, 6) is 0. The Kier molecular flexibility index (Phi) is 5.69. The van der Waals surface area contributed by atoms with Crippen molar-refractivity contribution in [2.45, 2.75) is 43.1 Å². The minimum Gasteiger partial charge on any atom is -0.404 e. The lowest BCUT2D eigenvalue weighted by Gasteiger charge is -2.45. The number of ether oxygens (including phenoxy) is 2. The molecule has 2 fully saturated rings. The molecule has 6 nitrogen and oxygen atoms in total. The highest BCUT2D eigenvalue weighted by Crippen LogP contribution is 2.36. The third kappa shape index (κ3) is 3.87. The van der Waals surface area contributed by atoms with Gasteiger partial charge in [-0.25, -0.2) is 0 Å². The van der Waals surface area contributed by atoms with E-state index < -0.39 is 73.4 Å². The average Bonchev–Trinajstić information content (AvgIpc) is 2.62. The SMILES string of the molecule is CO[C@@H]1O[C@@H]2COB(c3c(C(F)(F)F)cccc3C(F)(F)F)O[C@@H]2[C@H](O)[C@H]1O. The highest BCUT2D eigenvalue weighted by atomic mass is 19.4. The summed E-state index contributed by atoms with van der Waals surface area (Å²) in [6.45, 7) is -0.484. The Morgan fingerprint density at radius 1 is 1.04 bits per heavy atom. The summed E-state index contributed by atoms with van der Waals surface area (Å²) in [7, 11) is -0.899. The van der Waals surface area contributed by atoms with E-state index in [0.717, 1.165) is 0 Å². The number of hydrogen-bond acceptors (Lipinski definition) is 6. The summed E-state index contributed by atoms with van der Waals surface area (Å²) in [5, 5.41) is 20.1. The molecule has 2 aliphatic heterocycles. The van der Waals surface area contributed by atoms with Crippen LogP contribution in [0.5, 0.6) is 0 Å². The molecule has 0 radical (unpaired) electrons. The van der Waals surface area contributed by atoms with Crippen LogP contribution in [-0.2, 0) is 31.1 Å². The van der Waals surface area contributed by atoms with Crippen molar-refractivity contribution in [2.75, 3.05) is 13.7 Å². The van der Waals surface area contributed by atoms with Gasteiger partial charge in [0.05, 0.1) is 17.7 Å². The van der Waals surface area contributed by atoms with Gasteiger partial charge in [0.2, 0.25) is 0 Å². The van der Waals surface area contributed by atoms with Crippen LogP contribution in [0.2, 0.25) is 0 Å². The number of fused-ring (bicyclic) bond motifs is 1. The molecule has 3 rings (SSSR count). The Bertz CT molecular complexity index is 679. The van der Waals surface area contributed by atoms with Crippen LogP contribution in [0.3, 0.4) is 0 Å². The van der Waals surface area contributed by atoms with E-state index in [9.17, 15) is 36.6 Å². The highest BCUT2D eigenvalue weighted by molar-refractivity contribution is 6.62. The third-order valence-corrected chi connectivity index (χ3v) is 4.52. The fraction of sp³-hybridized carbons (Fsp3) is 0.600. The third-order valence-electron chi connectivity index (χ3n) is 4.52. The zero-order valence-electron chi connectivity index (χ0n) is 14.2. The second kappa shape index (κ2) is 7.46.